The molecule has 0 heterocycles. The van der Waals surface area contributed by atoms with Crippen molar-refractivity contribution in [2.75, 3.05) is 0 Å². The number of carbonyl (C=O) groups is 1. The quantitative estimate of drug-likeness (QED) is 0.822. The number of rotatable bonds is 2. The van der Waals surface area contributed by atoms with Crippen LogP contribution in [0.5, 0.6) is 0 Å². The summed E-state index contributed by atoms with van der Waals surface area (Å²) < 4.78 is 0. The van der Waals surface area contributed by atoms with Crippen LogP contribution in [0.4, 0.5) is 0 Å². The van der Waals surface area contributed by atoms with E-state index < -0.39 is 6.10 Å². The van der Waals surface area contributed by atoms with E-state index in [1.54, 1.807) is 0 Å². The summed E-state index contributed by atoms with van der Waals surface area (Å²) in [4.78, 5) is 12.4. The summed E-state index contributed by atoms with van der Waals surface area (Å²) in [6, 6.07) is -0.246. The smallest absolute Gasteiger partial charge is 0.226 e. The highest BCUT2D eigenvalue weighted by molar-refractivity contribution is 6.40. The van der Waals surface area contributed by atoms with Crippen molar-refractivity contribution in [3.05, 3.63) is 10.1 Å². The fraction of sp³-hybridized carbons (Fsp3) is 0.786. The van der Waals surface area contributed by atoms with Crippen molar-refractivity contribution in [3.63, 3.8) is 0 Å². The molecule has 0 saturated heterocycles. The monoisotopic (exact) mass is 305 g/mol. The van der Waals surface area contributed by atoms with Gasteiger partial charge in [-0.05, 0) is 25.7 Å². The highest BCUT2D eigenvalue weighted by Gasteiger charge is 2.37. The molecule has 2 N–H and O–H groups in total. The maximum atomic E-state index is 12.4. The number of hydrogen-bond acceptors (Lipinski definition) is 2. The third kappa shape index (κ3) is 3.26. The van der Waals surface area contributed by atoms with Crippen molar-refractivity contribution >= 4 is 29.1 Å². The first kappa shape index (κ1) is 15.1. The van der Waals surface area contributed by atoms with Crippen molar-refractivity contribution < 1.29 is 9.90 Å². The van der Waals surface area contributed by atoms with Gasteiger partial charge in [-0.25, -0.2) is 0 Å². The molecule has 0 bridgehead atoms. The summed E-state index contributed by atoms with van der Waals surface area (Å²) in [7, 11) is 0. The van der Waals surface area contributed by atoms with Gasteiger partial charge >= 0.3 is 0 Å². The molecule has 19 heavy (non-hydrogen) atoms. The minimum Gasteiger partial charge on any atom is -0.387 e. The van der Waals surface area contributed by atoms with Crippen LogP contribution in [-0.2, 0) is 4.79 Å². The second kappa shape index (κ2) is 6.02. The van der Waals surface area contributed by atoms with Crippen LogP contribution in [0.25, 0.3) is 0 Å². The number of carbonyl (C=O) groups excluding carboxylic acids is 1. The summed E-state index contributed by atoms with van der Waals surface area (Å²) in [5.74, 6) is 0.0659. The maximum absolute atomic E-state index is 12.4. The van der Waals surface area contributed by atoms with Crippen LogP contribution in [0.15, 0.2) is 10.1 Å². The van der Waals surface area contributed by atoms with Gasteiger partial charge < -0.3 is 10.4 Å². The van der Waals surface area contributed by atoms with Crippen molar-refractivity contribution in [2.45, 2.75) is 64.0 Å². The SMILES string of the molecule is CC1(C(=O)NC2CCC(O)C(Cl)=C2Cl)CCCCC1. The predicted octanol–water partition coefficient (Wildman–Crippen LogP) is 3.29. The highest BCUT2D eigenvalue weighted by atomic mass is 35.5. The van der Waals surface area contributed by atoms with E-state index in [0.717, 1.165) is 25.7 Å². The van der Waals surface area contributed by atoms with E-state index in [-0.39, 0.29) is 22.4 Å². The lowest BCUT2D eigenvalue weighted by atomic mass is 9.75. The van der Waals surface area contributed by atoms with Crippen LogP contribution in [0.2, 0.25) is 0 Å². The Morgan fingerprint density at radius 1 is 1.21 bits per heavy atom. The summed E-state index contributed by atoms with van der Waals surface area (Å²) in [6.45, 7) is 2.03. The summed E-state index contributed by atoms with van der Waals surface area (Å²) in [5, 5.41) is 13.3. The molecule has 2 aliphatic carbocycles. The standard InChI is InChI=1S/C14H21Cl2NO2/c1-14(7-3-2-4-8-14)13(19)17-9-5-6-10(18)12(16)11(9)15/h9-10,18H,2-8H2,1H3,(H,17,19). The molecule has 108 valence electrons. The Hall–Kier alpha value is -0.250. The highest BCUT2D eigenvalue weighted by Crippen LogP contribution is 2.37. The van der Waals surface area contributed by atoms with Crippen LogP contribution >= 0.6 is 23.2 Å². The van der Waals surface area contributed by atoms with E-state index in [1.165, 1.54) is 6.42 Å². The zero-order valence-electron chi connectivity index (χ0n) is 11.2. The van der Waals surface area contributed by atoms with Gasteiger partial charge in [-0.3, -0.25) is 4.79 Å². The summed E-state index contributed by atoms with van der Waals surface area (Å²) >= 11 is 12.1. The molecule has 2 atom stereocenters. The molecule has 2 rings (SSSR count). The molecule has 5 heteroatoms. The first-order chi connectivity index (χ1) is 8.94. The predicted molar refractivity (Wildman–Crippen MR) is 77.1 cm³/mol. The summed E-state index contributed by atoms with van der Waals surface area (Å²) in [5.41, 5.74) is -0.280. The molecule has 0 aliphatic heterocycles. The van der Waals surface area contributed by atoms with E-state index >= 15 is 0 Å². The first-order valence-corrected chi connectivity index (χ1v) is 7.74. The Labute approximate surface area is 124 Å². The van der Waals surface area contributed by atoms with Gasteiger partial charge in [0, 0.05) is 5.41 Å². The molecule has 0 aromatic carbocycles. The van der Waals surface area contributed by atoms with Crippen molar-refractivity contribution in [3.8, 4) is 0 Å². The minimum absolute atomic E-state index is 0.0659. The Morgan fingerprint density at radius 2 is 1.84 bits per heavy atom. The van der Waals surface area contributed by atoms with Crippen LogP contribution in [0.1, 0.15) is 51.9 Å². The molecular weight excluding hydrogens is 285 g/mol. The van der Waals surface area contributed by atoms with E-state index in [1.807, 2.05) is 6.92 Å². The molecule has 2 unspecified atom stereocenters. The second-order valence-electron chi connectivity index (χ2n) is 5.94. The fourth-order valence-corrected chi connectivity index (χ4v) is 3.46. The molecule has 0 aromatic rings. The number of aliphatic hydroxyl groups excluding tert-OH is 1. The van der Waals surface area contributed by atoms with Crippen LogP contribution < -0.4 is 5.32 Å². The minimum atomic E-state index is -0.687. The topological polar surface area (TPSA) is 49.3 Å². The molecule has 1 fully saturated rings. The normalized spacial score (nSPS) is 31.2. The van der Waals surface area contributed by atoms with Crippen LogP contribution in [0.3, 0.4) is 0 Å². The lowest BCUT2D eigenvalue weighted by molar-refractivity contribution is -0.132. The van der Waals surface area contributed by atoms with E-state index in [0.29, 0.717) is 17.9 Å². The van der Waals surface area contributed by atoms with Crippen molar-refractivity contribution in [1.29, 1.82) is 0 Å². The molecule has 2 aliphatic rings. The average molecular weight is 306 g/mol. The molecule has 1 amide bonds. The Bertz CT molecular complexity index is 389. The molecular formula is C14H21Cl2NO2. The molecule has 3 nitrogen and oxygen atoms in total. The maximum Gasteiger partial charge on any atom is 0.226 e. The third-order valence-corrected chi connectivity index (χ3v) is 5.39. The van der Waals surface area contributed by atoms with Gasteiger partial charge in [0.2, 0.25) is 5.91 Å². The zero-order chi connectivity index (χ0) is 14.0. The van der Waals surface area contributed by atoms with Crippen LogP contribution in [0, 0.1) is 5.41 Å². The van der Waals surface area contributed by atoms with Gasteiger partial charge in [-0.1, -0.05) is 49.4 Å². The Morgan fingerprint density at radius 3 is 2.47 bits per heavy atom. The van der Waals surface area contributed by atoms with E-state index in [2.05, 4.69) is 5.32 Å². The van der Waals surface area contributed by atoms with Crippen molar-refractivity contribution in [1.82, 2.24) is 5.32 Å². The lowest BCUT2D eigenvalue weighted by Crippen LogP contribution is -2.46. The van der Waals surface area contributed by atoms with Crippen LogP contribution in [-0.4, -0.2) is 23.2 Å². The zero-order valence-corrected chi connectivity index (χ0v) is 12.7. The van der Waals surface area contributed by atoms with Gasteiger partial charge in [-0.15, -0.1) is 0 Å². The average Bonchev–Trinajstić information content (AvgIpc) is 2.40. The Kier molecular flexibility index (Phi) is 4.80. The van der Waals surface area contributed by atoms with Gasteiger partial charge in [0.15, 0.2) is 0 Å². The fourth-order valence-electron chi connectivity index (χ4n) is 2.93. The molecule has 0 radical (unpaired) electrons. The number of halogens is 2. The number of hydrogen-bond donors (Lipinski definition) is 2. The first-order valence-electron chi connectivity index (χ1n) is 6.98. The van der Waals surface area contributed by atoms with Gasteiger partial charge in [-0.2, -0.15) is 0 Å². The lowest BCUT2D eigenvalue weighted by Gasteiger charge is -2.35. The van der Waals surface area contributed by atoms with Gasteiger partial charge in [0.1, 0.15) is 0 Å². The van der Waals surface area contributed by atoms with Crippen molar-refractivity contribution in [2.24, 2.45) is 5.41 Å². The summed E-state index contributed by atoms with van der Waals surface area (Å²) in [6.07, 6.45) is 5.79. The van der Waals surface area contributed by atoms with E-state index in [9.17, 15) is 9.90 Å². The second-order valence-corrected chi connectivity index (χ2v) is 6.75. The number of aliphatic hydroxyl groups is 1. The molecule has 0 aromatic heterocycles. The van der Waals surface area contributed by atoms with E-state index in [4.69, 9.17) is 23.2 Å². The number of amides is 1. The Balaban J connectivity index is 2.03. The third-order valence-electron chi connectivity index (χ3n) is 4.37. The number of nitrogens with one attached hydrogen (secondary N) is 1. The molecule has 1 saturated carbocycles. The molecule has 0 spiro atoms. The van der Waals surface area contributed by atoms with Gasteiger partial charge in [0.05, 0.1) is 22.2 Å². The largest absolute Gasteiger partial charge is 0.387 e. The van der Waals surface area contributed by atoms with Gasteiger partial charge in [0.25, 0.3) is 0 Å².